The fraction of sp³-hybridized carbons (Fsp3) is 0.364. The summed E-state index contributed by atoms with van der Waals surface area (Å²) in [5, 5.41) is 12.4. The van der Waals surface area contributed by atoms with Gasteiger partial charge in [-0.15, -0.1) is 0 Å². The van der Waals surface area contributed by atoms with Crippen LogP contribution in [0.25, 0.3) is 0 Å². The van der Waals surface area contributed by atoms with Gasteiger partial charge in [0.25, 0.3) is 5.91 Å². The summed E-state index contributed by atoms with van der Waals surface area (Å²) in [5.74, 6) is -0.778. The smallest absolute Gasteiger partial charge is 0.317 e. The van der Waals surface area contributed by atoms with Crippen LogP contribution in [0.1, 0.15) is 30.1 Å². The van der Waals surface area contributed by atoms with Crippen LogP contribution >= 0.6 is 0 Å². The number of carboxylic acid groups (broad SMARTS) is 1. The monoisotopic (exact) mass is 381 g/mol. The van der Waals surface area contributed by atoms with E-state index >= 15 is 0 Å². The van der Waals surface area contributed by atoms with E-state index in [1.165, 1.54) is 0 Å². The molecule has 0 atom stereocenters. The normalized spacial score (nSPS) is 14.9. The van der Waals surface area contributed by atoms with Crippen molar-refractivity contribution in [1.82, 2.24) is 9.80 Å². The van der Waals surface area contributed by atoms with Crippen LogP contribution in [-0.4, -0.2) is 59.0 Å². The highest BCUT2D eigenvalue weighted by Gasteiger charge is 2.27. The number of para-hydroxylation sites is 1. The molecule has 1 aliphatic rings. The maximum Gasteiger partial charge on any atom is 0.317 e. The van der Waals surface area contributed by atoms with Gasteiger partial charge in [-0.3, -0.25) is 14.5 Å². The molecule has 28 heavy (non-hydrogen) atoms. The number of benzene rings is 2. The fourth-order valence-corrected chi connectivity index (χ4v) is 3.71. The van der Waals surface area contributed by atoms with E-state index in [0.717, 1.165) is 24.2 Å². The van der Waals surface area contributed by atoms with E-state index < -0.39 is 5.97 Å². The Morgan fingerprint density at radius 1 is 1.07 bits per heavy atom. The third-order valence-electron chi connectivity index (χ3n) is 5.18. The highest BCUT2D eigenvalue weighted by atomic mass is 16.4. The molecule has 0 aliphatic carbocycles. The van der Waals surface area contributed by atoms with E-state index in [4.69, 9.17) is 5.11 Å². The quantitative estimate of drug-likeness (QED) is 0.769. The SMILES string of the molecule is CCN(CC(=O)O)C1CCN(C(=O)c2cccc(Nc3ccccc3)c2)CC1. The lowest BCUT2D eigenvalue weighted by molar-refractivity contribution is -0.139. The van der Waals surface area contributed by atoms with Crippen LogP contribution in [0.15, 0.2) is 54.6 Å². The van der Waals surface area contributed by atoms with Crippen LogP contribution in [0.5, 0.6) is 0 Å². The van der Waals surface area contributed by atoms with Gasteiger partial charge in [0.15, 0.2) is 0 Å². The minimum atomic E-state index is -0.803. The van der Waals surface area contributed by atoms with Crippen molar-refractivity contribution in [2.24, 2.45) is 0 Å². The molecule has 1 fully saturated rings. The van der Waals surface area contributed by atoms with Gasteiger partial charge in [0.1, 0.15) is 0 Å². The van der Waals surface area contributed by atoms with Crippen molar-refractivity contribution in [3.63, 3.8) is 0 Å². The van der Waals surface area contributed by atoms with E-state index in [2.05, 4.69) is 5.32 Å². The van der Waals surface area contributed by atoms with Crippen LogP contribution in [-0.2, 0) is 4.79 Å². The second-order valence-corrected chi connectivity index (χ2v) is 7.05. The number of anilines is 2. The van der Waals surface area contributed by atoms with Gasteiger partial charge in [0.05, 0.1) is 6.54 Å². The Morgan fingerprint density at radius 3 is 2.39 bits per heavy atom. The maximum atomic E-state index is 12.9. The van der Waals surface area contributed by atoms with Gasteiger partial charge in [-0.1, -0.05) is 31.2 Å². The Labute approximate surface area is 165 Å². The number of carbonyl (C=O) groups is 2. The van der Waals surface area contributed by atoms with Gasteiger partial charge in [0.2, 0.25) is 0 Å². The number of hydrogen-bond donors (Lipinski definition) is 2. The molecule has 1 aliphatic heterocycles. The highest BCUT2D eigenvalue weighted by molar-refractivity contribution is 5.95. The second kappa shape index (κ2) is 9.37. The number of rotatable bonds is 7. The summed E-state index contributed by atoms with van der Waals surface area (Å²) >= 11 is 0. The summed E-state index contributed by atoms with van der Waals surface area (Å²) in [5.41, 5.74) is 2.52. The number of carboxylic acids is 1. The molecule has 1 amide bonds. The zero-order valence-electron chi connectivity index (χ0n) is 16.2. The first-order chi connectivity index (χ1) is 13.6. The molecule has 1 saturated heterocycles. The van der Waals surface area contributed by atoms with Crippen molar-refractivity contribution in [1.29, 1.82) is 0 Å². The van der Waals surface area contributed by atoms with Crippen LogP contribution in [0.3, 0.4) is 0 Å². The third kappa shape index (κ3) is 5.10. The Bertz CT molecular complexity index is 802. The van der Waals surface area contributed by atoms with Gasteiger partial charge in [-0.25, -0.2) is 0 Å². The van der Waals surface area contributed by atoms with Crippen LogP contribution in [0, 0.1) is 0 Å². The number of amides is 1. The summed E-state index contributed by atoms with van der Waals surface area (Å²) in [6.07, 6.45) is 1.60. The molecule has 3 rings (SSSR count). The molecule has 148 valence electrons. The van der Waals surface area contributed by atoms with Gasteiger partial charge in [-0.05, 0) is 49.7 Å². The molecular formula is C22H27N3O3. The lowest BCUT2D eigenvalue weighted by atomic mass is 10.0. The first kappa shape index (κ1) is 19.9. The van der Waals surface area contributed by atoms with Crippen LogP contribution in [0.4, 0.5) is 11.4 Å². The van der Waals surface area contributed by atoms with Gasteiger partial charge < -0.3 is 15.3 Å². The Hall–Kier alpha value is -2.86. The zero-order valence-corrected chi connectivity index (χ0v) is 16.2. The van der Waals surface area contributed by atoms with E-state index in [-0.39, 0.29) is 18.5 Å². The summed E-state index contributed by atoms with van der Waals surface area (Å²) < 4.78 is 0. The Balaban J connectivity index is 1.61. The number of nitrogens with zero attached hydrogens (tertiary/aromatic N) is 2. The Kier molecular flexibility index (Phi) is 6.66. The highest BCUT2D eigenvalue weighted by Crippen LogP contribution is 2.21. The number of nitrogens with one attached hydrogen (secondary N) is 1. The molecule has 6 nitrogen and oxygen atoms in total. The van der Waals surface area contributed by atoms with Crippen LogP contribution < -0.4 is 5.32 Å². The van der Waals surface area contributed by atoms with E-state index in [1.54, 1.807) is 0 Å². The van der Waals surface area contributed by atoms with Crippen molar-refractivity contribution in [3.8, 4) is 0 Å². The van der Waals surface area contributed by atoms with Crippen LogP contribution in [0.2, 0.25) is 0 Å². The van der Waals surface area contributed by atoms with Gasteiger partial charge in [0, 0.05) is 36.1 Å². The van der Waals surface area contributed by atoms with E-state index in [9.17, 15) is 9.59 Å². The van der Waals surface area contributed by atoms with E-state index in [0.29, 0.717) is 25.2 Å². The molecule has 2 N–H and O–H groups in total. The number of aliphatic carboxylic acids is 1. The van der Waals surface area contributed by atoms with Crippen molar-refractivity contribution in [3.05, 3.63) is 60.2 Å². The summed E-state index contributed by atoms with van der Waals surface area (Å²) in [7, 11) is 0. The third-order valence-corrected chi connectivity index (χ3v) is 5.18. The Morgan fingerprint density at radius 2 is 1.75 bits per heavy atom. The van der Waals surface area contributed by atoms with Crippen molar-refractivity contribution in [2.75, 3.05) is 31.5 Å². The number of carbonyl (C=O) groups excluding carboxylic acids is 1. The average Bonchev–Trinajstić information content (AvgIpc) is 2.72. The first-order valence-electron chi connectivity index (χ1n) is 9.74. The molecule has 6 heteroatoms. The van der Waals surface area contributed by atoms with Crippen molar-refractivity contribution in [2.45, 2.75) is 25.8 Å². The molecule has 0 bridgehead atoms. The van der Waals surface area contributed by atoms with Crippen molar-refractivity contribution >= 4 is 23.3 Å². The lowest BCUT2D eigenvalue weighted by Gasteiger charge is -2.37. The largest absolute Gasteiger partial charge is 0.480 e. The fourth-order valence-electron chi connectivity index (χ4n) is 3.71. The maximum absolute atomic E-state index is 12.9. The molecule has 2 aromatic rings. The average molecular weight is 381 g/mol. The minimum absolute atomic E-state index is 0.0245. The van der Waals surface area contributed by atoms with Crippen molar-refractivity contribution < 1.29 is 14.7 Å². The summed E-state index contributed by atoms with van der Waals surface area (Å²) in [4.78, 5) is 27.8. The summed E-state index contributed by atoms with van der Waals surface area (Å²) in [6, 6.07) is 17.6. The molecule has 2 aromatic carbocycles. The van der Waals surface area contributed by atoms with Gasteiger partial charge >= 0.3 is 5.97 Å². The molecule has 0 saturated carbocycles. The standard InChI is InChI=1S/C22H27N3O3/c1-2-24(16-21(26)27)20-11-13-25(14-12-20)22(28)17-7-6-10-19(15-17)23-18-8-4-3-5-9-18/h3-10,15,20,23H,2,11-14,16H2,1H3,(H,26,27). The summed E-state index contributed by atoms with van der Waals surface area (Å²) in [6.45, 7) is 4.04. The zero-order chi connectivity index (χ0) is 19.9. The molecule has 1 heterocycles. The number of piperidine rings is 1. The minimum Gasteiger partial charge on any atom is -0.480 e. The van der Waals surface area contributed by atoms with E-state index in [1.807, 2.05) is 71.3 Å². The molecule has 0 radical (unpaired) electrons. The molecule has 0 aromatic heterocycles. The molecule has 0 unspecified atom stereocenters. The van der Waals surface area contributed by atoms with Gasteiger partial charge in [-0.2, -0.15) is 0 Å². The topological polar surface area (TPSA) is 72.9 Å². The predicted octanol–water partition coefficient (Wildman–Crippen LogP) is 3.44. The second-order valence-electron chi connectivity index (χ2n) is 7.05. The number of likely N-dealkylation sites (tertiary alicyclic amines) is 1. The predicted molar refractivity (Wildman–Crippen MR) is 110 cm³/mol. The lowest BCUT2D eigenvalue weighted by Crippen LogP contribution is -2.48. The molecule has 0 spiro atoms. The molecular weight excluding hydrogens is 354 g/mol. The number of hydrogen-bond acceptors (Lipinski definition) is 4. The number of likely N-dealkylation sites (N-methyl/N-ethyl adjacent to an activating group) is 1. The first-order valence-corrected chi connectivity index (χ1v) is 9.74.